The van der Waals surface area contributed by atoms with Gasteiger partial charge < -0.3 is 10.1 Å². The van der Waals surface area contributed by atoms with Crippen LogP contribution < -0.4 is 10.1 Å². The van der Waals surface area contributed by atoms with Gasteiger partial charge in [-0.2, -0.15) is 0 Å². The van der Waals surface area contributed by atoms with Crippen LogP contribution in [0.1, 0.15) is 22.3 Å². The van der Waals surface area contributed by atoms with Crippen molar-refractivity contribution in [2.75, 3.05) is 20.7 Å². The number of carbonyl (C=O) groups is 1. The van der Waals surface area contributed by atoms with Gasteiger partial charge in [-0.3, -0.25) is 4.79 Å². The molecule has 0 spiro atoms. The number of ether oxygens (including phenoxy) is 1. The molecule has 0 saturated heterocycles. The Morgan fingerprint density at radius 2 is 2.20 bits per heavy atom. The first kappa shape index (κ1) is 11.7. The molecule has 0 saturated carbocycles. The molecule has 82 valence electrons. The third-order valence-electron chi connectivity index (χ3n) is 2.34. The van der Waals surface area contributed by atoms with E-state index in [0.29, 0.717) is 13.0 Å². The Hall–Kier alpha value is -1.35. The fourth-order valence-corrected chi connectivity index (χ4v) is 1.45. The van der Waals surface area contributed by atoms with Crippen molar-refractivity contribution in [2.45, 2.75) is 13.3 Å². The standard InChI is InChI=1S/C12H17NO2/c1-9-8-10(15-3)4-5-11(9)12(14)6-7-13-2/h4-5,8,13H,6-7H2,1-3H3. The zero-order chi connectivity index (χ0) is 11.3. The molecule has 0 aliphatic carbocycles. The number of nitrogens with one attached hydrogen (secondary N) is 1. The maximum absolute atomic E-state index is 11.7. The third-order valence-corrected chi connectivity index (χ3v) is 2.34. The maximum Gasteiger partial charge on any atom is 0.164 e. The highest BCUT2D eigenvalue weighted by molar-refractivity contribution is 5.97. The summed E-state index contributed by atoms with van der Waals surface area (Å²) in [7, 11) is 3.46. The van der Waals surface area contributed by atoms with Gasteiger partial charge in [0.05, 0.1) is 7.11 Å². The highest BCUT2D eigenvalue weighted by Gasteiger charge is 2.08. The van der Waals surface area contributed by atoms with Gasteiger partial charge in [0, 0.05) is 18.5 Å². The van der Waals surface area contributed by atoms with E-state index < -0.39 is 0 Å². The first-order chi connectivity index (χ1) is 7.19. The molecule has 0 fully saturated rings. The van der Waals surface area contributed by atoms with Crippen LogP contribution in [0, 0.1) is 6.92 Å². The highest BCUT2D eigenvalue weighted by atomic mass is 16.5. The van der Waals surface area contributed by atoms with Gasteiger partial charge in [0.25, 0.3) is 0 Å². The number of hydrogen-bond acceptors (Lipinski definition) is 3. The minimum atomic E-state index is 0.171. The van der Waals surface area contributed by atoms with Crippen molar-refractivity contribution in [1.82, 2.24) is 5.32 Å². The Morgan fingerprint density at radius 3 is 2.73 bits per heavy atom. The van der Waals surface area contributed by atoms with Crippen molar-refractivity contribution in [3.63, 3.8) is 0 Å². The molecule has 1 rings (SSSR count). The predicted octanol–water partition coefficient (Wildman–Crippen LogP) is 1.80. The van der Waals surface area contributed by atoms with E-state index in [1.54, 1.807) is 7.11 Å². The van der Waals surface area contributed by atoms with E-state index in [1.165, 1.54) is 0 Å². The molecular formula is C12H17NO2. The first-order valence-corrected chi connectivity index (χ1v) is 5.01. The van der Waals surface area contributed by atoms with Crippen molar-refractivity contribution >= 4 is 5.78 Å². The summed E-state index contributed by atoms with van der Waals surface area (Å²) in [4.78, 5) is 11.7. The number of ketones is 1. The Kier molecular flexibility index (Phi) is 4.31. The number of Topliss-reactive ketones (excluding diaryl/α,β-unsaturated/α-hetero) is 1. The largest absolute Gasteiger partial charge is 0.497 e. The lowest BCUT2D eigenvalue weighted by molar-refractivity contribution is 0.0982. The summed E-state index contributed by atoms with van der Waals surface area (Å²) in [6.45, 7) is 2.64. The lowest BCUT2D eigenvalue weighted by Crippen LogP contribution is -2.13. The third kappa shape index (κ3) is 3.06. The van der Waals surface area contributed by atoms with Crippen molar-refractivity contribution < 1.29 is 9.53 Å². The molecule has 0 aliphatic rings. The van der Waals surface area contributed by atoms with Crippen LogP contribution in [0.2, 0.25) is 0 Å². The summed E-state index contributed by atoms with van der Waals surface area (Å²) < 4.78 is 5.09. The fraction of sp³-hybridized carbons (Fsp3) is 0.417. The topological polar surface area (TPSA) is 38.3 Å². The van der Waals surface area contributed by atoms with E-state index in [-0.39, 0.29) is 5.78 Å². The summed E-state index contributed by atoms with van der Waals surface area (Å²) in [6.07, 6.45) is 0.531. The Morgan fingerprint density at radius 1 is 1.47 bits per heavy atom. The van der Waals surface area contributed by atoms with E-state index >= 15 is 0 Å². The molecule has 0 amide bonds. The van der Waals surface area contributed by atoms with Crippen molar-refractivity contribution in [3.05, 3.63) is 29.3 Å². The second kappa shape index (κ2) is 5.51. The van der Waals surface area contributed by atoms with Gasteiger partial charge in [-0.05, 0) is 37.7 Å². The zero-order valence-electron chi connectivity index (χ0n) is 9.46. The average molecular weight is 207 g/mol. The Bertz CT molecular complexity index is 347. The molecule has 0 aliphatic heterocycles. The van der Waals surface area contributed by atoms with Gasteiger partial charge in [0.1, 0.15) is 5.75 Å². The van der Waals surface area contributed by atoms with Crippen molar-refractivity contribution in [1.29, 1.82) is 0 Å². The fourth-order valence-electron chi connectivity index (χ4n) is 1.45. The summed E-state index contributed by atoms with van der Waals surface area (Å²) in [6, 6.07) is 5.53. The van der Waals surface area contributed by atoms with Crippen molar-refractivity contribution in [2.24, 2.45) is 0 Å². The summed E-state index contributed by atoms with van der Waals surface area (Å²) in [5, 5.41) is 2.96. The van der Waals surface area contributed by atoms with E-state index in [4.69, 9.17) is 4.74 Å². The van der Waals surface area contributed by atoms with Crippen LogP contribution in [0.4, 0.5) is 0 Å². The molecule has 0 atom stereocenters. The highest BCUT2D eigenvalue weighted by Crippen LogP contribution is 2.17. The predicted molar refractivity (Wildman–Crippen MR) is 60.6 cm³/mol. The number of aryl methyl sites for hydroxylation is 1. The SMILES string of the molecule is CNCCC(=O)c1ccc(OC)cc1C. The van der Waals surface area contributed by atoms with Crippen LogP contribution >= 0.6 is 0 Å². The molecule has 0 unspecified atom stereocenters. The molecular weight excluding hydrogens is 190 g/mol. The second-order valence-corrected chi connectivity index (χ2v) is 3.46. The molecule has 0 radical (unpaired) electrons. The van der Waals surface area contributed by atoms with Gasteiger partial charge >= 0.3 is 0 Å². The summed E-state index contributed by atoms with van der Waals surface area (Å²) >= 11 is 0. The molecule has 1 N–H and O–H groups in total. The first-order valence-electron chi connectivity index (χ1n) is 5.01. The van der Waals surface area contributed by atoms with Crippen LogP contribution in [-0.2, 0) is 0 Å². The molecule has 1 aromatic carbocycles. The van der Waals surface area contributed by atoms with Crippen LogP contribution in [-0.4, -0.2) is 26.5 Å². The quantitative estimate of drug-likeness (QED) is 0.748. The molecule has 15 heavy (non-hydrogen) atoms. The van der Waals surface area contributed by atoms with Gasteiger partial charge in [-0.25, -0.2) is 0 Å². The molecule has 1 aromatic rings. The second-order valence-electron chi connectivity index (χ2n) is 3.46. The number of benzene rings is 1. The average Bonchev–Trinajstić information content (AvgIpc) is 2.25. The minimum Gasteiger partial charge on any atom is -0.497 e. The molecule has 0 heterocycles. The monoisotopic (exact) mass is 207 g/mol. The molecule has 3 nitrogen and oxygen atoms in total. The van der Waals surface area contributed by atoms with E-state index in [9.17, 15) is 4.79 Å². The van der Waals surface area contributed by atoms with Crippen molar-refractivity contribution in [3.8, 4) is 5.75 Å². The lowest BCUT2D eigenvalue weighted by Gasteiger charge is -2.06. The summed E-state index contributed by atoms with van der Waals surface area (Å²) in [5.41, 5.74) is 1.75. The van der Waals surface area contributed by atoms with Crippen LogP contribution in [0.25, 0.3) is 0 Å². The van der Waals surface area contributed by atoms with Crippen LogP contribution in [0.15, 0.2) is 18.2 Å². The summed E-state index contributed by atoms with van der Waals surface area (Å²) in [5.74, 6) is 0.960. The van der Waals surface area contributed by atoms with E-state index in [1.807, 2.05) is 32.2 Å². The van der Waals surface area contributed by atoms with Gasteiger partial charge in [0.2, 0.25) is 0 Å². The molecule has 0 aromatic heterocycles. The maximum atomic E-state index is 11.7. The van der Waals surface area contributed by atoms with E-state index in [2.05, 4.69) is 5.32 Å². The molecule has 0 bridgehead atoms. The lowest BCUT2D eigenvalue weighted by atomic mass is 10.0. The van der Waals surface area contributed by atoms with Gasteiger partial charge in [0.15, 0.2) is 5.78 Å². The number of carbonyl (C=O) groups excluding carboxylic acids is 1. The normalized spacial score (nSPS) is 10.1. The van der Waals surface area contributed by atoms with Crippen LogP contribution in [0.5, 0.6) is 5.75 Å². The van der Waals surface area contributed by atoms with E-state index in [0.717, 1.165) is 16.9 Å². The molecule has 3 heteroatoms. The van der Waals surface area contributed by atoms with Crippen LogP contribution in [0.3, 0.4) is 0 Å². The number of rotatable bonds is 5. The Balaban J connectivity index is 2.81. The number of hydrogen-bond donors (Lipinski definition) is 1. The minimum absolute atomic E-state index is 0.171. The smallest absolute Gasteiger partial charge is 0.164 e. The Labute approximate surface area is 90.4 Å². The van der Waals surface area contributed by atoms with Gasteiger partial charge in [-0.15, -0.1) is 0 Å². The zero-order valence-corrected chi connectivity index (χ0v) is 9.46. The number of methoxy groups -OCH3 is 1. The van der Waals surface area contributed by atoms with Gasteiger partial charge in [-0.1, -0.05) is 0 Å².